The van der Waals surface area contributed by atoms with Gasteiger partial charge < -0.3 is 10.1 Å². The minimum absolute atomic E-state index is 0.555. The van der Waals surface area contributed by atoms with Gasteiger partial charge in [0, 0.05) is 17.5 Å². The molecule has 0 aliphatic rings. The molecule has 0 spiro atoms. The Kier molecular flexibility index (Phi) is 3.93. The molecule has 0 aromatic carbocycles. The SMILES string of the molecule is CCNc1cc(OCc2cccs2)nc(C)n1. The number of aromatic nitrogens is 2. The number of hydrogen-bond donors (Lipinski definition) is 1. The summed E-state index contributed by atoms with van der Waals surface area (Å²) in [6.07, 6.45) is 0. The molecule has 5 heteroatoms. The summed E-state index contributed by atoms with van der Waals surface area (Å²) >= 11 is 1.68. The molecule has 0 bridgehead atoms. The van der Waals surface area contributed by atoms with Crippen molar-refractivity contribution in [1.82, 2.24) is 9.97 Å². The van der Waals surface area contributed by atoms with Gasteiger partial charge in [-0.05, 0) is 25.3 Å². The van der Waals surface area contributed by atoms with Crippen LogP contribution in [0.5, 0.6) is 5.88 Å². The Morgan fingerprint density at radius 2 is 2.29 bits per heavy atom. The molecule has 2 aromatic heterocycles. The fourth-order valence-electron chi connectivity index (χ4n) is 1.43. The Morgan fingerprint density at radius 1 is 1.41 bits per heavy atom. The summed E-state index contributed by atoms with van der Waals surface area (Å²) in [7, 11) is 0. The zero-order valence-corrected chi connectivity index (χ0v) is 10.8. The van der Waals surface area contributed by atoms with E-state index in [1.54, 1.807) is 11.3 Å². The van der Waals surface area contributed by atoms with Gasteiger partial charge in [0.2, 0.25) is 5.88 Å². The first-order valence-corrected chi connectivity index (χ1v) is 6.40. The molecule has 0 aliphatic heterocycles. The number of nitrogens with one attached hydrogen (secondary N) is 1. The summed E-state index contributed by atoms with van der Waals surface area (Å²) in [5.41, 5.74) is 0. The van der Waals surface area contributed by atoms with Crippen molar-refractivity contribution in [1.29, 1.82) is 0 Å². The number of aryl methyl sites for hydroxylation is 1. The second-order valence-electron chi connectivity index (χ2n) is 3.54. The molecule has 2 rings (SSSR count). The van der Waals surface area contributed by atoms with Crippen LogP contribution < -0.4 is 10.1 Å². The maximum absolute atomic E-state index is 5.64. The maximum atomic E-state index is 5.64. The van der Waals surface area contributed by atoms with Crippen LogP contribution in [0.3, 0.4) is 0 Å². The van der Waals surface area contributed by atoms with Gasteiger partial charge in [-0.3, -0.25) is 0 Å². The van der Waals surface area contributed by atoms with E-state index < -0.39 is 0 Å². The minimum atomic E-state index is 0.555. The first-order chi connectivity index (χ1) is 8.28. The second kappa shape index (κ2) is 5.63. The van der Waals surface area contributed by atoms with E-state index in [0.717, 1.165) is 12.4 Å². The van der Waals surface area contributed by atoms with Crippen LogP contribution in [0.15, 0.2) is 23.6 Å². The number of nitrogens with zero attached hydrogens (tertiary/aromatic N) is 2. The lowest BCUT2D eigenvalue weighted by atomic mass is 10.5. The summed E-state index contributed by atoms with van der Waals surface area (Å²) < 4.78 is 5.64. The molecule has 4 nitrogen and oxygen atoms in total. The van der Waals surface area contributed by atoms with E-state index in [0.29, 0.717) is 18.3 Å². The first kappa shape index (κ1) is 11.9. The standard InChI is InChI=1S/C12H15N3OS/c1-3-13-11-7-12(15-9(2)14-11)16-8-10-5-4-6-17-10/h4-7H,3,8H2,1-2H3,(H,13,14,15). The van der Waals surface area contributed by atoms with E-state index in [4.69, 9.17) is 4.74 Å². The van der Waals surface area contributed by atoms with Crippen LogP contribution in [0.2, 0.25) is 0 Å². The summed E-state index contributed by atoms with van der Waals surface area (Å²) in [6, 6.07) is 5.88. The Bertz CT molecular complexity index is 471. The van der Waals surface area contributed by atoms with Crippen molar-refractivity contribution in [3.05, 3.63) is 34.3 Å². The highest BCUT2D eigenvalue weighted by Crippen LogP contribution is 2.16. The Balaban J connectivity index is 2.04. The topological polar surface area (TPSA) is 47.0 Å². The minimum Gasteiger partial charge on any atom is -0.472 e. The third kappa shape index (κ3) is 3.42. The number of anilines is 1. The molecule has 0 radical (unpaired) electrons. The van der Waals surface area contributed by atoms with E-state index in [9.17, 15) is 0 Å². The van der Waals surface area contributed by atoms with Crippen molar-refractivity contribution < 1.29 is 4.74 Å². The molecule has 0 aliphatic carbocycles. The second-order valence-corrected chi connectivity index (χ2v) is 4.57. The fourth-order valence-corrected chi connectivity index (χ4v) is 2.04. The quantitative estimate of drug-likeness (QED) is 0.885. The van der Waals surface area contributed by atoms with Crippen LogP contribution in [0, 0.1) is 6.92 Å². The van der Waals surface area contributed by atoms with Crippen molar-refractivity contribution in [2.24, 2.45) is 0 Å². The molecule has 0 fully saturated rings. The molecule has 0 amide bonds. The molecule has 0 saturated carbocycles. The predicted molar refractivity (Wildman–Crippen MR) is 69.6 cm³/mol. The Labute approximate surface area is 105 Å². The van der Waals surface area contributed by atoms with Gasteiger partial charge in [0.25, 0.3) is 0 Å². The van der Waals surface area contributed by atoms with Crippen LogP contribution in [-0.2, 0) is 6.61 Å². The number of rotatable bonds is 5. The Hall–Kier alpha value is -1.62. The zero-order valence-electron chi connectivity index (χ0n) is 9.93. The smallest absolute Gasteiger partial charge is 0.219 e. The lowest BCUT2D eigenvalue weighted by molar-refractivity contribution is 0.296. The molecule has 2 aromatic rings. The molecule has 1 N–H and O–H groups in total. The fraction of sp³-hybridized carbons (Fsp3) is 0.333. The molecule has 90 valence electrons. The van der Waals surface area contributed by atoms with Crippen LogP contribution in [0.25, 0.3) is 0 Å². The third-order valence-corrected chi connectivity index (χ3v) is 2.96. The van der Waals surface area contributed by atoms with Gasteiger partial charge in [-0.1, -0.05) is 6.07 Å². The van der Waals surface area contributed by atoms with Crippen molar-refractivity contribution in [2.45, 2.75) is 20.5 Å². The number of hydrogen-bond acceptors (Lipinski definition) is 5. The highest BCUT2D eigenvalue weighted by atomic mass is 32.1. The molecule has 17 heavy (non-hydrogen) atoms. The summed E-state index contributed by atoms with van der Waals surface area (Å²) in [5.74, 6) is 2.13. The molecule has 0 saturated heterocycles. The number of thiophene rings is 1. The van der Waals surface area contributed by atoms with Gasteiger partial charge in [0.1, 0.15) is 18.2 Å². The normalized spacial score (nSPS) is 10.2. The number of ether oxygens (including phenoxy) is 1. The molecule has 0 atom stereocenters. The van der Waals surface area contributed by atoms with E-state index in [1.165, 1.54) is 4.88 Å². The van der Waals surface area contributed by atoms with Crippen LogP contribution in [0.1, 0.15) is 17.6 Å². The van der Waals surface area contributed by atoms with Crippen LogP contribution >= 0.6 is 11.3 Å². The third-order valence-electron chi connectivity index (χ3n) is 2.11. The zero-order chi connectivity index (χ0) is 12.1. The van der Waals surface area contributed by atoms with E-state index in [1.807, 2.05) is 37.4 Å². The van der Waals surface area contributed by atoms with E-state index in [2.05, 4.69) is 15.3 Å². The van der Waals surface area contributed by atoms with Crippen LogP contribution in [0.4, 0.5) is 5.82 Å². The highest BCUT2D eigenvalue weighted by molar-refractivity contribution is 7.09. The van der Waals surface area contributed by atoms with Crippen LogP contribution in [-0.4, -0.2) is 16.5 Å². The average Bonchev–Trinajstić information content (AvgIpc) is 2.79. The van der Waals surface area contributed by atoms with Crippen molar-refractivity contribution in [3.63, 3.8) is 0 Å². The molecule has 0 unspecified atom stereocenters. The molecular formula is C12H15N3OS. The maximum Gasteiger partial charge on any atom is 0.219 e. The average molecular weight is 249 g/mol. The summed E-state index contributed by atoms with van der Waals surface area (Å²) in [5, 5.41) is 5.19. The van der Waals surface area contributed by atoms with Crippen molar-refractivity contribution >= 4 is 17.2 Å². The van der Waals surface area contributed by atoms with E-state index >= 15 is 0 Å². The van der Waals surface area contributed by atoms with E-state index in [-0.39, 0.29) is 0 Å². The van der Waals surface area contributed by atoms with Crippen molar-refractivity contribution in [3.8, 4) is 5.88 Å². The van der Waals surface area contributed by atoms with Crippen molar-refractivity contribution in [2.75, 3.05) is 11.9 Å². The van der Waals surface area contributed by atoms with Gasteiger partial charge in [-0.2, -0.15) is 4.98 Å². The lowest BCUT2D eigenvalue weighted by Gasteiger charge is -2.07. The highest BCUT2D eigenvalue weighted by Gasteiger charge is 2.03. The molecular weight excluding hydrogens is 234 g/mol. The van der Waals surface area contributed by atoms with Gasteiger partial charge in [0.15, 0.2) is 0 Å². The molecule has 2 heterocycles. The van der Waals surface area contributed by atoms with Gasteiger partial charge in [-0.25, -0.2) is 4.98 Å². The van der Waals surface area contributed by atoms with Gasteiger partial charge in [-0.15, -0.1) is 11.3 Å². The monoisotopic (exact) mass is 249 g/mol. The Morgan fingerprint density at radius 3 is 3.00 bits per heavy atom. The van der Waals surface area contributed by atoms with Gasteiger partial charge >= 0.3 is 0 Å². The lowest BCUT2D eigenvalue weighted by Crippen LogP contribution is -2.04. The van der Waals surface area contributed by atoms with Gasteiger partial charge in [0.05, 0.1) is 0 Å². The first-order valence-electron chi connectivity index (χ1n) is 5.52. The summed E-state index contributed by atoms with van der Waals surface area (Å²) in [4.78, 5) is 9.70. The largest absolute Gasteiger partial charge is 0.472 e. The predicted octanol–water partition coefficient (Wildman–Crippen LogP) is 2.86. The summed E-state index contributed by atoms with van der Waals surface area (Å²) in [6.45, 7) is 5.28.